The van der Waals surface area contributed by atoms with Crippen LogP contribution >= 0.6 is 11.3 Å². The summed E-state index contributed by atoms with van der Waals surface area (Å²) >= 11 is 1.40. The number of benzene rings is 3. The third-order valence-corrected chi connectivity index (χ3v) is 8.51. The summed E-state index contributed by atoms with van der Waals surface area (Å²) in [6, 6.07) is 24.2. The highest BCUT2D eigenvalue weighted by Crippen LogP contribution is 2.41. The zero-order valence-electron chi connectivity index (χ0n) is 22.7. The van der Waals surface area contributed by atoms with Crippen LogP contribution in [-0.2, 0) is 16.0 Å². The number of thiazole rings is 1. The molecule has 202 valence electrons. The molecule has 7 heteroatoms. The van der Waals surface area contributed by atoms with Gasteiger partial charge in [-0.25, -0.2) is 9.79 Å². The van der Waals surface area contributed by atoms with Gasteiger partial charge in [-0.05, 0) is 64.8 Å². The van der Waals surface area contributed by atoms with Crippen LogP contribution in [0.2, 0.25) is 0 Å². The Kier molecular flexibility index (Phi) is 6.98. The first-order valence-electron chi connectivity index (χ1n) is 13.5. The number of nitrogens with zero attached hydrogens (tertiary/aromatic N) is 2. The number of methoxy groups -OCH3 is 1. The molecule has 6 nitrogen and oxygen atoms in total. The van der Waals surface area contributed by atoms with Crippen LogP contribution in [0.3, 0.4) is 0 Å². The van der Waals surface area contributed by atoms with E-state index in [-0.39, 0.29) is 18.2 Å². The number of aromatic nitrogens is 1. The maximum absolute atomic E-state index is 14.0. The minimum absolute atomic E-state index is 0.0621. The number of aryl methyl sites for hydroxylation is 1. The fourth-order valence-corrected chi connectivity index (χ4v) is 6.43. The largest absolute Gasteiger partial charge is 0.482 e. The van der Waals surface area contributed by atoms with Crippen LogP contribution in [0.1, 0.15) is 60.0 Å². The Morgan fingerprint density at radius 3 is 2.65 bits per heavy atom. The van der Waals surface area contributed by atoms with Gasteiger partial charge < -0.3 is 9.47 Å². The van der Waals surface area contributed by atoms with Gasteiger partial charge in [0.1, 0.15) is 5.75 Å². The number of rotatable bonds is 6. The van der Waals surface area contributed by atoms with E-state index in [1.165, 1.54) is 35.1 Å². The molecule has 1 aromatic heterocycles. The Balaban J connectivity index is 1.49. The topological polar surface area (TPSA) is 69.9 Å². The first-order valence-corrected chi connectivity index (χ1v) is 14.3. The van der Waals surface area contributed by atoms with Gasteiger partial charge in [-0.3, -0.25) is 9.36 Å². The molecule has 4 aromatic rings. The van der Waals surface area contributed by atoms with E-state index < -0.39 is 5.97 Å². The zero-order chi connectivity index (χ0) is 27.8. The molecule has 2 aliphatic rings. The van der Waals surface area contributed by atoms with Gasteiger partial charge in [0, 0.05) is 5.56 Å². The summed E-state index contributed by atoms with van der Waals surface area (Å²) < 4.78 is 12.7. The van der Waals surface area contributed by atoms with Crippen molar-refractivity contribution in [1.82, 2.24) is 4.57 Å². The second-order valence-corrected chi connectivity index (χ2v) is 11.4. The third kappa shape index (κ3) is 4.82. The highest BCUT2D eigenvalue weighted by Gasteiger charge is 2.32. The molecule has 0 saturated heterocycles. The minimum atomic E-state index is -0.453. The summed E-state index contributed by atoms with van der Waals surface area (Å²) in [4.78, 5) is 31.3. The van der Waals surface area contributed by atoms with Gasteiger partial charge in [-0.15, -0.1) is 0 Å². The van der Waals surface area contributed by atoms with Gasteiger partial charge in [0.25, 0.3) is 5.56 Å². The molecule has 2 heterocycles. The first kappa shape index (κ1) is 26.0. The Morgan fingerprint density at radius 1 is 1.07 bits per heavy atom. The van der Waals surface area contributed by atoms with E-state index in [0.29, 0.717) is 21.0 Å². The van der Waals surface area contributed by atoms with E-state index >= 15 is 0 Å². The molecule has 0 amide bonds. The van der Waals surface area contributed by atoms with Crippen LogP contribution < -0.4 is 19.6 Å². The van der Waals surface area contributed by atoms with Crippen molar-refractivity contribution in [1.29, 1.82) is 0 Å². The van der Waals surface area contributed by atoms with E-state index in [4.69, 9.17) is 9.73 Å². The molecule has 0 radical (unpaired) electrons. The lowest BCUT2D eigenvalue weighted by Gasteiger charge is -2.31. The predicted octanol–water partition coefficient (Wildman–Crippen LogP) is 4.99. The smallest absolute Gasteiger partial charge is 0.343 e. The van der Waals surface area contributed by atoms with Crippen molar-refractivity contribution in [3.05, 3.63) is 126 Å². The molecule has 0 bridgehead atoms. The van der Waals surface area contributed by atoms with Crippen LogP contribution in [-0.4, -0.2) is 24.3 Å². The van der Waals surface area contributed by atoms with E-state index in [9.17, 15) is 9.59 Å². The van der Waals surface area contributed by atoms with E-state index in [0.717, 1.165) is 35.2 Å². The number of esters is 1. The molecule has 1 aliphatic heterocycles. The van der Waals surface area contributed by atoms with Crippen LogP contribution in [0.25, 0.3) is 11.8 Å². The van der Waals surface area contributed by atoms with E-state index in [1.807, 2.05) is 28.8 Å². The average molecular weight is 551 g/mol. The normalized spacial score (nSPS) is 16.2. The number of fused-ring (bicyclic) bond motifs is 3. The van der Waals surface area contributed by atoms with Crippen molar-refractivity contribution in [2.24, 2.45) is 4.99 Å². The summed E-state index contributed by atoms with van der Waals surface area (Å²) in [5.74, 6) is 0.507. The maximum atomic E-state index is 14.0. The highest BCUT2D eigenvalue weighted by molar-refractivity contribution is 7.07. The molecule has 40 heavy (non-hydrogen) atoms. The summed E-state index contributed by atoms with van der Waals surface area (Å²) in [6.45, 7) is 4.20. The van der Waals surface area contributed by atoms with Crippen molar-refractivity contribution in [3.63, 3.8) is 0 Å². The molecule has 0 spiro atoms. The Morgan fingerprint density at radius 2 is 1.88 bits per heavy atom. The minimum Gasteiger partial charge on any atom is -0.482 e. The van der Waals surface area contributed by atoms with Gasteiger partial charge in [-0.1, -0.05) is 85.8 Å². The zero-order valence-corrected chi connectivity index (χ0v) is 23.5. The van der Waals surface area contributed by atoms with Crippen molar-refractivity contribution < 1.29 is 14.3 Å². The molecule has 3 aromatic carbocycles. The summed E-state index contributed by atoms with van der Waals surface area (Å²) in [5, 5.41) is 0. The molecular weight excluding hydrogens is 520 g/mol. The molecule has 1 atom stereocenters. The van der Waals surface area contributed by atoms with Gasteiger partial charge in [0.05, 0.1) is 23.4 Å². The Labute approximate surface area is 236 Å². The molecule has 1 unspecified atom stereocenters. The number of carbonyl (C=O) groups excluding carboxylic acids is 1. The first-order chi connectivity index (χ1) is 19.4. The van der Waals surface area contributed by atoms with Crippen LogP contribution in [0.15, 0.2) is 88.2 Å². The van der Waals surface area contributed by atoms with Crippen LogP contribution in [0, 0.1) is 0 Å². The monoisotopic (exact) mass is 550 g/mol. The van der Waals surface area contributed by atoms with Crippen LogP contribution in [0.4, 0.5) is 0 Å². The number of ether oxygens (including phenoxy) is 2. The molecular formula is C33H30N2O4S. The van der Waals surface area contributed by atoms with E-state index in [1.54, 1.807) is 6.07 Å². The molecule has 0 N–H and O–H groups in total. The molecule has 1 aliphatic carbocycles. The summed E-state index contributed by atoms with van der Waals surface area (Å²) in [5.41, 5.74) is 7.74. The number of carbonyl (C=O) groups is 1. The van der Waals surface area contributed by atoms with Crippen molar-refractivity contribution in [2.75, 3.05) is 13.7 Å². The molecule has 0 saturated carbocycles. The SMILES string of the molecule is COC(=O)COc1cccc(C=c2sc3n(c2=O)C(c2ccc(C(C)C)cc2)C2=C(N=3)c3ccccc3CC2)c1. The summed E-state index contributed by atoms with van der Waals surface area (Å²) in [7, 11) is 1.32. The quantitative estimate of drug-likeness (QED) is 0.317. The van der Waals surface area contributed by atoms with Gasteiger partial charge >= 0.3 is 5.97 Å². The van der Waals surface area contributed by atoms with Gasteiger partial charge in [0.2, 0.25) is 0 Å². The molecule has 0 fully saturated rings. The van der Waals surface area contributed by atoms with Gasteiger partial charge in [0.15, 0.2) is 11.4 Å². The van der Waals surface area contributed by atoms with Crippen molar-refractivity contribution in [3.8, 4) is 5.75 Å². The summed E-state index contributed by atoms with van der Waals surface area (Å²) in [6.07, 6.45) is 3.65. The lowest BCUT2D eigenvalue weighted by molar-refractivity contribution is -0.142. The highest BCUT2D eigenvalue weighted by atomic mass is 32.1. The third-order valence-electron chi connectivity index (χ3n) is 7.53. The average Bonchev–Trinajstić information content (AvgIpc) is 3.29. The predicted molar refractivity (Wildman–Crippen MR) is 157 cm³/mol. The van der Waals surface area contributed by atoms with Gasteiger partial charge in [-0.2, -0.15) is 0 Å². The van der Waals surface area contributed by atoms with Crippen molar-refractivity contribution in [2.45, 2.75) is 38.6 Å². The lowest BCUT2D eigenvalue weighted by Crippen LogP contribution is -2.38. The Bertz CT molecular complexity index is 1810. The maximum Gasteiger partial charge on any atom is 0.343 e. The van der Waals surface area contributed by atoms with E-state index in [2.05, 4.69) is 67.1 Å². The number of hydrogen-bond acceptors (Lipinski definition) is 6. The lowest BCUT2D eigenvalue weighted by atomic mass is 9.83. The standard InChI is InChI=1S/C33H30N2O4S/c1-20(2)22-11-13-24(14-12-22)31-27-16-15-23-8-4-5-10-26(23)30(27)34-33-35(31)32(37)28(40-33)18-21-7-6-9-25(17-21)39-19-29(36)38-3/h4-14,17-18,20,31H,15-16,19H2,1-3H3. The second-order valence-electron chi connectivity index (χ2n) is 10.4. The molecule has 6 rings (SSSR count). The van der Waals surface area contributed by atoms with Crippen LogP contribution in [0.5, 0.6) is 5.75 Å². The number of hydrogen-bond donors (Lipinski definition) is 0. The van der Waals surface area contributed by atoms with Crippen molar-refractivity contribution >= 4 is 29.1 Å². The fraction of sp³-hybridized carbons (Fsp3) is 0.242. The fourth-order valence-electron chi connectivity index (χ4n) is 5.43. The Hall–Kier alpha value is -4.23. The second kappa shape index (κ2) is 10.7. The number of allylic oxidation sites excluding steroid dienone is 1.